The molecule has 0 atom stereocenters. The van der Waals surface area contributed by atoms with Crippen LogP contribution in [0.4, 0.5) is 0 Å². The van der Waals surface area contributed by atoms with Crippen molar-refractivity contribution < 1.29 is 0 Å². The lowest BCUT2D eigenvalue weighted by atomic mass is 10.1. The number of fused-ring (bicyclic) bond motifs is 1. The normalized spacial score (nSPS) is 10.9. The fourth-order valence-corrected chi connectivity index (χ4v) is 1.92. The molecule has 1 aromatic carbocycles. The van der Waals surface area contributed by atoms with Crippen molar-refractivity contribution in [3.8, 4) is 0 Å². The predicted octanol–water partition coefficient (Wildman–Crippen LogP) is 4.16. The summed E-state index contributed by atoms with van der Waals surface area (Å²) in [6.45, 7) is 3.91. The highest BCUT2D eigenvalue weighted by molar-refractivity contribution is 6.32. The van der Waals surface area contributed by atoms with Gasteiger partial charge in [-0.1, -0.05) is 23.2 Å². The number of rotatable bonds is 0. The van der Waals surface area contributed by atoms with Gasteiger partial charge in [-0.25, -0.2) is 4.98 Å². The minimum atomic E-state index is 0.558. The standard InChI is InChI=1S/C11H9Cl2N/c1-6-4-9(12)5-8-3-7(2)11(13)14-10(6)8/h3-5H,1-2H3. The number of hydrogen-bond acceptors (Lipinski definition) is 1. The van der Waals surface area contributed by atoms with Crippen LogP contribution in [0.1, 0.15) is 11.1 Å². The third kappa shape index (κ3) is 1.58. The Morgan fingerprint density at radius 3 is 2.43 bits per heavy atom. The molecule has 2 rings (SSSR count). The molecule has 72 valence electrons. The molecule has 1 heterocycles. The van der Waals surface area contributed by atoms with Gasteiger partial charge in [0.05, 0.1) is 5.52 Å². The van der Waals surface area contributed by atoms with Gasteiger partial charge in [0, 0.05) is 10.4 Å². The highest BCUT2D eigenvalue weighted by Crippen LogP contribution is 2.25. The number of halogens is 2. The summed E-state index contributed by atoms with van der Waals surface area (Å²) in [6, 6.07) is 5.80. The molecule has 0 radical (unpaired) electrons. The second-order valence-electron chi connectivity index (χ2n) is 3.39. The molecule has 0 saturated heterocycles. The monoisotopic (exact) mass is 225 g/mol. The first kappa shape index (κ1) is 9.75. The van der Waals surface area contributed by atoms with E-state index in [-0.39, 0.29) is 0 Å². The summed E-state index contributed by atoms with van der Waals surface area (Å²) in [4.78, 5) is 4.32. The molecule has 0 aliphatic carbocycles. The van der Waals surface area contributed by atoms with Gasteiger partial charge < -0.3 is 0 Å². The van der Waals surface area contributed by atoms with Gasteiger partial charge in [-0.2, -0.15) is 0 Å². The zero-order chi connectivity index (χ0) is 10.3. The Balaban J connectivity index is 2.89. The third-order valence-corrected chi connectivity index (χ3v) is 2.80. The van der Waals surface area contributed by atoms with Crippen molar-refractivity contribution in [2.75, 3.05) is 0 Å². The molecule has 0 spiro atoms. The Bertz CT molecular complexity index is 506. The van der Waals surface area contributed by atoms with Gasteiger partial charge in [-0.15, -0.1) is 0 Å². The number of aromatic nitrogens is 1. The number of aryl methyl sites for hydroxylation is 2. The Morgan fingerprint density at radius 2 is 1.71 bits per heavy atom. The molecule has 0 unspecified atom stereocenters. The molecule has 0 amide bonds. The molecule has 0 aliphatic heterocycles. The van der Waals surface area contributed by atoms with Crippen LogP contribution in [-0.4, -0.2) is 4.98 Å². The van der Waals surface area contributed by atoms with Gasteiger partial charge in [0.1, 0.15) is 5.15 Å². The maximum absolute atomic E-state index is 5.96. The first-order chi connectivity index (χ1) is 6.58. The molecule has 1 nitrogen and oxygen atoms in total. The van der Waals surface area contributed by atoms with E-state index in [1.165, 1.54) is 0 Å². The second kappa shape index (κ2) is 3.41. The van der Waals surface area contributed by atoms with Crippen LogP contribution in [0.15, 0.2) is 18.2 Å². The fraction of sp³-hybridized carbons (Fsp3) is 0.182. The van der Waals surface area contributed by atoms with E-state index in [1.54, 1.807) is 0 Å². The molecule has 0 fully saturated rings. The smallest absolute Gasteiger partial charge is 0.132 e. The van der Waals surface area contributed by atoms with E-state index in [9.17, 15) is 0 Å². The summed E-state index contributed by atoms with van der Waals surface area (Å²) in [6.07, 6.45) is 0. The molecule has 3 heteroatoms. The Kier molecular flexibility index (Phi) is 2.38. The summed E-state index contributed by atoms with van der Waals surface area (Å²) in [7, 11) is 0. The predicted molar refractivity (Wildman–Crippen MR) is 61.2 cm³/mol. The van der Waals surface area contributed by atoms with E-state index in [0.29, 0.717) is 5.15 Å². The van der Waals surface area contributed by atoms with E-state index in [4.69, 9.17) is 23.2 Å². The lowest BCUT2D eigenvalue weighted by molar-refractivity contribution is 1.31. The van der Waals surface area contributed by atoms with Crippen molar-refractivity contribution in [1.29, 1.82) is 0 Å². The maximum atomic E-state index is 5.96. The first-order valence-corrected chi connectivity index (χ1v) is 5.06. The van der Waals surface area contributed by atoms with Crippen molar-refractivity contribution >= 4 is 34.1 Å². The van der Waals surface area contributed by atoms with Crippen LogP contribution in [0.5, 0.6) is 0 Å². The average molecular weight is 226 g/mol. The number of pyridine rings is 1. The van der Waals surface area contributed by atoms with E-state index in [2.05, 4.69) is 4.98 Å². The molecule has 0 aliphatic rings. The van der Waals surface area contributed by atoms with Gasteiger partial charge in [0.25, 0.3) is 0 Å². The van der Waals surface area contributed by atoms with E-state index < -0.39 is 0 Å². The third-order valence-electron chi connectivity index (χ3n) is 2.20. The van der Waals surface area contributed by atoms with Crippen molar-refractivity contribution in [3.05, 3.63) is 39.5 Å². The van der Waals surface area contributed by atoms with Crippen LogP contribution in [-0.2, 0) is 0 Å². The van der Waals surface area contributed by atoms with E-state index in [0.717, 1.165) is 27.1 Å². The minimum absolute atomic E-state index is 0.558. The molecule has 2 aromatic rings. The second-order valence-corrected chi connectivity index (χ2v) is 4.18. The molecular formula is C11H9Cl2N. The lowest BCUT2D eigenvalue weighted by Crippen LogP contribution is -1.87. The molecule has 0 saturated carbocycles. The Morgan fingerprint density at radius 1 is 1.00 bits per heavy atom. The van der Waals surface area contributed by atoms with Gasteiger partial charge in [0.15, 0.2) is 0 Å². The van der Waals surface area contributed by atoms with Crippen molar-refractivity contribution in [3.63, 3.8) is 0 Å². The van der Waals surface area contributed by atoms with Crippen LogP contribution < -0.4 is 0 Å². The average Bonchev–Trinajstić information content (AvgIpc) is 2.08. The topological polar surface area (TPSA) is 12.9 Å². The Labute approximate surface area is 92.7 Å². The van der Waals surface area contributed by atoms with Crippen molar-refractivity contribution in [1.82, 2.24) is 4.98 Å². The van der Waals surface area contributed by atoms with Crippen LogP contribution in [0.2, 0.25) is 10.2 Å². The van der Waals surface area contributed by atoms with Crippen LogP contribution >= 0.6 is 23.2 Å². The minimum Gasteiger partial charge on any atom is -0.236 e. The van der Waals surface area contributed by atoms with Gasteiger partial charge in [-0.3, -0.25) is 0 Å². The quantitative estimate of drug-likeness (QED) is 0.614. The maximum Gasteiger partial charge on any atom is 0.132 e. The highest BCUT2D eigenvalue weighted by atomic mass is 35.5. The molecule has 0 bridgehead atoms. The fourth-order valence-electron chi connectivity index (χ4n) is 1.50. The highest BCUT2D eigenvalue weighted by Gasteiger charge is 2.04. The Hall–Kier alpha value is -0.790. The lowest BCUT2D eigenvalue weighted by Gasteiger charge is -2.05. The van der Waals surface area contributed by atoms with Crippen LogP contribution in [0, 0.1) is 13.8 Å². The summed E-state index contributed by atoms with van der Waals surface area (Å²) in [5.74, 6) is 0. The van der Waals surface area contributed by atoms with Crippen LogP contribution in [0.3, 0.4) is 0 Å². The molecular weight excluding hydrogens is 217 g/mol. The molecule has 14 heavy (non-hydrogen) atoms. The van der Waals surface area contributed by atoms with Crippen molar-refractivity contribution in [2.24, 2.45) is 0 Å². The summed E-state index contributed by atoms with van der Waals surface area (Å²) in [5.41, 5.74) is 2.94. The molecule has 1 aromatic heterocycles. The number of hydrogen-bond donors (Lipinski definition) is 0. The number of nitrogens with zero attached hydrogens (tertiary/aromatic N) is 1. The van der Waals surface area contributed by atoms with Gasteiger partial charge >= 0.3 is 0 Å². The largest absolute Gasteiger partial charge is 0.236 e. The van der Waals surface area contributed by atoms with E-state index >= 15 is 0 Å². The van der Waals surface area contributed by atoms with Crippen molar-refractivity contribution in [2.45, 2.75) is 13.8 Å². The summed E-state index contributed by atoms with van der Waals surface area (Å²) < 4.78 is 0. The number of benzene rings is 1. The zero-order valence-corrected chi connectivity index (χ0v) is 9.45. The molecule has 0 N–H and O–H groups in total. The van der Waals surface area contributed by atoms with Gasteiger partial charge in [-0.05, 0) is 43.2 Å². The summed E-state index contributed by atoms with van der Waals surface area (Å²) >= 11 is 11.9. The SMILES string of the molecule is Cc1cc2cc(Cl)cc(C)c2nc1Cl. The van der Waals surface area contributed by atoms with Gasteiger partial charge in [0.2, 0.25) is 0 Å². The first-order valence-electron chi connectivity index (χ1n) is 4.31. The zero-order valence-electron chi connectivity index (χ0n) is 7.94. The van der Waals surface area contributed by atoms with Crippen LogP contribution in [0.25, 0.3) is 10.9 Å². The van der Waals surface area contributed by atoms with E-state index in [1.807, 2.05) is 32.0 Å². The summed E-state index contributed by atoms with van der Waals surface area (Å²) in [5, 5.41) is 2.33.